The number of benzene rings is 1. The van der Waals surface area contributed by atoms with E-state index in [2.05, 4.69) is 23.2 Å². The molecule has 0 unspecified atom stereocenters. The second kappa shape index (κ2) is 8.70. The summed E-state index contributed by atoms with van der Waals surface area (Å²) in [6.07, 6.45) is 8.10. The van der Waals surface area contributed by atoms with Crippen LogP contribution >= 0.6 is 0 Å². The standard InChI is InChI=1S/C22H32N2O2/c1-16-8-7-9-20(17(16)2)23-21(25)18-10-12-19(13-11-18)22(26)24-14-5-3-4-6-15-24/h7-9,18-19H,3-6,10-15H2,1-2H3,(H,23,25). The Hall–Kier alpha value is -1.84. The molecule has 0 bridgehead atoms. The largest absolute Gasteiger partial charge is 0.342 e. The summed E-state index contributed by atoms with van der Waals surface area (Å²) in [7, 11) is 0. The lowest BCUT2D eigenvalue weighted by Crippen LogP contribution is -2.39. The van der Waals surface area contributed by atoms with E-state index in [1.807, 2.05) is 19.1 Å². The van der Waals surface area contributed by atoms with Crippen LogP contribution in [0.4, 0.5) is 5.69 Å². The van der Waals surface area contributed by atoms with E-state index < -0.39 is 0 Å². The zero-order valence-electron chi connectivity index (χ0n) is 16.2. The number of aryl methyl sites for hydroxylation is 1. The van der Waals surface area contributed by atoms with E-state index in [1.165, 1.54) is 18.4 Å². The third-order valence-electron chi connectivity index (χ3n) is 6.23. The molecule has 0 radical (unpaired) electrons. The topological polar surface area (TPSA) is 49.4 Å². The van der Waals surface area contributed by atoms with Gasteiger partial charge in [-0.25, -0.2) is 0 Å². The van der Waals surface area contributed by atoms with Crippen molar-refractivity contribution in [3.05, 3.63) is 29.3 Å². The first-order valence-electron chi connectivity index (χ1n) is 10.2. The number of hydrogen-bond donors (Lipinski definition) is 1. The highest BCUT2D eigenvalue weighted by Crippen LogP contribution is 2.32. The minimum atomic E-state index is 0.0306. The summed E-state index contributed by atoms with van der Waals surface area (Å²) in [5.41, 5.74) is 3.23. The average molecular weight is 357 g/mol. The molecule has 1 N–H and O–H groups in total. The predicted octanol–water partition coefficient (Wildman–Crippen LogP) is 4.45. The number of rotatable bonds is 3. The van der Waals surface area contributed by atoms with Crippen molar-refractivity contribution in [2.45, 2.75) is 65.2 Å². The van der Waals surface area contributed by atoms with Crippen molar-refractivity contribution in [3.63, 3.8) is 0 Å². The number of likely N-dealkylation sites (tertiary alicyclic amines) is 1. The summed E-state index contributed by atoms with van der Waals surface area (Å²) < 4.78 is 0. The van der Waals surface area contributed by atoms with E-state index in [0.717, 1.165) is 62.9 Å². The molecule has 1 aromatic carbocycles. The molecular weight excluding hydrogens is 324 g/mol. The average Bonchev–Trinajstić information content (AvgIpc) is 2.94. The number of nitrogens with one attached hydrogen (secondary N) is 1. The molecule has 1 aromatic rings. The minimum absolute atomic E-state index is 0.0306. The van der Waals surface area contributed by atoms with Gasteiger partial charge in [0.05, 0.1) is 0 Å². The first-order valence-corrected chi connectivity index (χ1v) is 10.2. The van der Waals surface area contributed by atoms with Crippen LogP contribution in [-0.2, 0) is 9.59 Å². The van der Waals surface area contributed by atoms with E-state index >= 15 is 0 Å². The van der Waals surface area contributed by atoms with Crippen molar-refractivity contribution in [2.75, 3.05) is 18.4 Å². The summed E-state index contributed by atoms with van der Waals surface area (Å²) in [6, 6.07) is 6.01. The third kappa shape index (κ3) is 4.46. The zero-order chi connectivity index (χ0) is 18.5. The fourth-order valence-corrected chi connectivity index (χ4v) is 4.27. The Kier molecular flexibility index (Phi) is 6.33. The Morgan fingerprint density at radius 3 is 2.19 bits per heavy atom. The lowest BCUT2D eigenvalue weighted by molar-refractivity contribution is -0.137. The monoisotopic (exact) mass is 356 g/mol. The van der Waals surface area contributed by atoms with Gasteiger partial charge in [0.25, 0.3) is 0 Å². The van der Waals surface area contributed by atoms with Gasteiger partial charge in [0, 0.05) is 30.6 Å². The van der Waals surface area contributed by atoms with Gasteiger partial charge in [-0.2, -0.15) is 0 Å². The van der Waals surface area contributed by atoms with Crippen LogP contribution in [0.5, 0.6) is 0 Å². The molecule has 1 saturated carbocycles. The SMILES string of the molecule is Cc1cccc(NC(=O)C2CCC(C(=O)N3CCCCCC3)CC2)c1C. The molecule has 1 aliphatic carbocycles. The molecule has 1 saturated heterocycles. The zero-order valence-corrected chi connectivity index (χ0v) is 16.2. The van der Waals surface area contributed by atoms with Crippen molar-refractivity contribution in [1.29, 1.82) is 0 Å². The van der Waals surface area contributed by atoms with Gasteiger partial charge in [-0.05, 0) is 69.6 Å². The lowest BCUT2D eigenvalue weighted by Gasteiger charge is -2.31. The third-order valence-corrected chi connectivity index (χ3v) is 6.23. The smallest absolute Gasteiger partial charge is 0.227 e. The van der Waals surface area contributed by atoms with E-state index in [0.29, 0.717) is 5.91 Å². The molecule has 2 fully saturated rings. The van der Waals surface area contributed by atoms with Gasteiger partial charge in [-0.3, -0.25) is 9.59 Å². The molecule has 4 nitrogen and oxygen atoms in total. The molecule has 2 amide bonds. The van der Waals surface area contributed by atoms with Crippen LogP contribution in [0.1, 0.15) is 62.5 Å². The van der Waals surface area contributed by atoms with Crippen molar-refractivity contribution in [2.24, 2.45) is 11.8 Å². The molecule has 26 heavy (non-hydrogen) atoms. The molecule has 1 aliphatic heterocycles. The number of amides is 2. The summed E-state index contributed by atoms with van der Waals surface area (Å²) in [6.45, 7) is 5.95. The highest BCUT2D eigenvalue weighted by Gasteiger charge is 2.32. The summed E-state index contributed by atoms with van der Waals surface area (Å²) in [5, 5.41) is 3.10. The number of carbonyl (C=O) groups excluding carboxylic acids is 2. The minimum Gasteiger partial charge on any atom is -0.342 e. The highest BCUT2D eigenvalue weighted by atomic mass is 16.2. The molecular formula is C22H32N2O2. The van der Waals surface area contributed by atoms with Gasteiger partial charge in [0.15, 0.2) is 0 Å². The van der Waals surface area contributed by atoms with Crippen molar-refractivity contribution in [3.8, 4) is 0 Å². The van der Waals surface area contributed by atoms with Gasteiger partial charge in [0.1, 0.15) is 0 Å². The summed E-state index contributed by atoms with van der Waals surface area (Å²) in [5.74, 6) is 0.598. The Bertz CT molecular complexity index is 640. The van der Waals surface area contributed by atoms with Gasteiger partial charge < -0.3 is 10.2 Å². The second-order valence-electron chi connectivity index (χ2n) is 8.02. The Morgan fingerprint density at radius 1 is 0.923 bits per heavy atom. The van der Waals surface area contributed by atoms with Crippen LogP contribution in [0, 0.1) is 25.7 Å². The van der Waals surface area contributed by atoms with Crippen molar-refractivity contribution in [1.82, 2.24) is 4.90 Å². The molecule has 3 rings (SSSR count). The molecule has 142 valence electrons. The van der Waals surface area contributed by atoms with Crippen LogP contribution < -0.4 is 5.32 Å². The Morgan fingerprint density at radius 2 is 1.54 bits per heavy atom. The van der Waals surface area contributed by atoms with Gasteiger partial charge >= 0.3 is 0 Å². The van der Waals surface area contributed by atoms with Crippen molar-refractivity contribution >= 4 is 17.5 Å². The van der Waals surface area contributed by atoms with Crippen LogP contribution in [0.2, 0.25) is 0 Å². The maximum atomic E-state index is 12.8. The molecule has 2 aliphatic rings. The Balaban J connectivity index is 1.52. The summed E-state index contributed by atoms with van der Waals surface area (Å²) in [4.78, 5) is 27.5. The predicted molar refractivity (Wildman–Crippen MR) is 105 cm³/mol. The quantitative estimate of drug-likeness (QED) is 0.870. The van der Waals surface area contributed by atoms with Crippen LogP contribution in [-0.4, -0.2) is 29.8 Å². The van der Waals surface area contributed by atoms with E-state index in [-0.39, 0.29) is 17.7 Å². The van der Waals surface area contributed by atoms with Gasteiger partial charge in [0.2, 0.25) is 11.8 Å². The molecule has 0 spiro atoms. The number of hydrogen-bond acceptors (Lipinski definition) is 2. The maximum absolute atomic E-state index is 12.8. The van der Waals surface area contributed by atoms with Crippen molar-refractivity contribution < 1.29 is 9.59 Å². The maximum Gasteiger partial charge on any atom is 0.227 e. The molecule has 0 aromatic heterocycles. The Labute approximate surface area is 157 Å². The van der Waals surface area contributed by atoms with E-state index in [9.17, 15) is 9.59 Å². The molecule has 4 heteroatoms. The van der Waals surface area contributed by atoms with Gasteiger partial charge in [-0.1, -0.05) is 25.0 Å². The first-order chi connectivity index (χ1) is 12.6. The van der Waals surface area contributed by atoms with Gasteiger partial charge in [-0.15, -0.1) is 0 Å². The highest BCUT2D eigenvalue weighted by molar-refractivity contribution is 5.93. The number of carbonyl (C=O) groups is 2. The van der Waals surface area contributed by atoms with E-state index in [1.54, 1.807) is 0 Å². The number of anilines is 1. The van der Waals surface area contributed by atoms with Crippen LogP contribution in [0.15, 0.2) is 18.2 Å². The second-order valence-corrected chi connectivity index (χ2v) is 8.02. The fourth-order valence-electron chi connectivity index (χ4n) is 4.27. The van der Waals surface area contributed by atoms with Crippen LogP contribution in [0.3, 0.4) is 0 Å². The normalized spacial score (nSPS) is 24.0. The molecule has 1 heterocycles. The van der Waals surface area contributed by atoms with Crippen LogP contribution in [0.25, 0.3) is 0 Å². The van der Waals surface area contributed by atoms with E-state index in [4.69, 9.17) is 0 Å². The summed E-state index contributed by atoms with van der Waals surface area (Å²) >= 11 is 0. The first kappa shape index (κ1) is 18.9. The molecule has 0 atom stereocenters. The lowest BCUT2D eigenvalue weighted by atomic mass is 9.80. The number of nitrogens with zero attached hydrogens (tertiary/aromatic N) is 1. The fraction of sp³-hybridized carbons (Fsp3) is 0.636.